The van der Waals surface area contributed by atoms with E-state index < -0.39 is 0 Å². The van der Waals surface area contributed by atoms with Crippen LogP contribution in [0.2, 0.25) is 5.02 Å². The van der Waals surface area contributed by atoms with Crippen LogP contribution in [-0.4, -0.2) is 6.61 Å². The standard InChI is InChI=1S/C10H12ClO/c1-8(2)7-12-10-5-3-9(11)4-6-10/h3-6H,7H2,1-2H3. The van der Waals surface area contributed by atoms with Crippen LogP contribution < -0.4 is 4.74 Å². The molecule has 1 rings (SSSR count). The Morgan fingerprint density at radius 1 is 1.25 bits per heavy atom. The highest BCUT2D eigenvalue weighted by atomic mass is 35.5. The third-order valence-electron chi connectivity index (χ3n) is 1.34. The van der Waals surface area contributed by atoms with E-state index in [1.165, 1.54) is 5.92 Å². The van der Waals surface area contributed by atoms with Gasteiger partial charge in [0.05, 0.1) is 6.61 Å². The summed E-state index contributed by atoms with van der Waals surface area (Å²) >= 11 is 5.71. The van der Waals surface area contributed by atoms with Crippen molar-refractivity contribution < 1.29 is 4.74 Å². The zero-order valence-electron chi connectivity index (χ0n) is 7.30. The van der Waals surface area contributed by atoms with Crippen molar-refractivity contribution in [3.05, 3.63) is 35.2 Å². The first-order chi connectivity index (χ1) is 5.68. The van der Waals surface area contributed by atoms with E-state index in [4.69, 9.17) is 16.3 Å². The van der Waals surface area contributed by atoms with E-state index in [1.54, 1.807) is 0 Å². The Balaban J connectivity index is 2.48. The average molecular weight is 184 g/mol. The maximum atomic E-state index is 5.71. The molecule has 0 bridgehead atoms. The van der Waals surface area contributed by atoms with Crippen LogP contribution in [0.4, 0.5) is 0 Å². The highest BCUT2D eigenvalue weighted by Gasteiger charge is 1.96. The smallest absolute Gasteiger partial charge is 0.119 e. The molecule has 12 heavy (non-hydrogen) atoms. The topological polar surface area (TPSA) is 9.23 Å². The lowest BCUT2D eigenvalue weighted by Crippen LogP contribution is -2.02. The number of hydrogen-bond donors (Lipinski definition) is 0. The van der Waals surface area contributed by atoms with Gasteiger partial charge in [-0.3, -0.25) is 0 Å². The number of hydrogen-bond acceptors (Lipinski definition) is 1. The Hall–Kier alpha value is -0.690. The van der Waals surface area contributed by atoms with Crippen molar-refractivity contribution in [1.82, 2.24) is 0 Å². The molecule has 0 aromatic heterocycles. The molecule has 0 saturated carbocycles. The van der Waals surface area contributed by atoms with E-state index in [9.17, 15) is 0 Å². The molecule has 0 atom stereocenters. The van der Waals surface area contributed by atoms with E-state index in [2.05, 4.69) is 0 Å². The van der Waals surface area contributed by atoms with Gasteiger partial charge in [-0.05, 0) is 24.3 Å². The first kappa shape index (κ1) is 9.40. The van der Waals surface area contributed by atoms with Crippen molar-refractivity contribution in [2.24, 2.45) is 0 Å². The van der Waals surface area contributed by atoms with Gasteiger partial charge in [-0.2, -0.15) is 0 Å². The summed E-state index contributed by atoms with van der Waals surface area (Å²) < 4.78 is 5.43. The Labute approximate surface area is 78.3 Å². The monoisotopic (exact) mass is 183 g/mol. The van der Waals surface area contributed by atoms with Gasteiger partial charge < -0.3 is 4.74 Å². The SMILES string of the molecule is C[C](C)COc1ccc(Cl)cc1. The van der Waals surface area contributed by atoms with Crippen LogP contribution in [0.15, 0.2) is 24.3 Å². The van der Waals surface area contributed by atoms with Crippen LogP contribution in [0.1, 0.15) is 13.8 Å². The van der Waals surface area contributed by atoms with Crippen molar-refractivity contribution >= 4 is 11.6 Å². The van der Waals surface area contributed by atoms with E-state index in [0.29, 0.717) is 6.61 Å². The van der Waals surface area contributed by atoms with Crippen LogP contribution in [0.5, 0.6) is 5.75 Å². The zero-order valence-corrected chi connectivity index (χ0v) is 8.06. The molecule has 1 aromatic rings. The number of benzene rings is 1. The van der Waals surface area contributed by atoms with Gasteiger partial charge in [-0.25, -0.2) is 0 Å². The second-order valence-electron chi connectivity index (χ2n) is 2.95. The molecule has 65 valence electrons. The Morgan fingerprint density at radius 3 is 2.33 bits per heavy atom. The van der Waals surface area contributed by atoms with Crippen LogP contribution >= 0.6 is 11.6 Å². The summed E-state index contributed by atoms with van der Waals surface area (Å²) in [5.41, 5.74) is 0. The highest BCUT2D eigenvalue weighted by molar-refractivity contribution is 6.30. The maximum absolute atomic E-state index is 5.71. The predicted molar refractivity (Wildman–Crippen MR) is 51.5 cm³/mol. The fraction of sp³-hybridized carbons (Fsp3) is 0.300. The van der Waals surface area contributed by atoms with Crippen molar-refractivity contribution in [1.29, 1.82) is 0 Å². The lowest BCUT2D eigenvalue weighted by Gasteiger charge is -2.07. The van der Waals surface area contributed by atoms with Crippen molar-refractivity contribution in [3.63, 3.8) is 0 Å². The second-order valence-corrected chi connectivity index (χ2v) is 3.39. The molecule has 0 heterocycles. The Kier molecular flexibility index (Phi) is 3.42. The molecular formula is C10H12ClO. The van der Waals surface area contributed by atoms with E-state index in [-0.39, 0.29) is 0 Å². The molecule has 0 saturated heterocycles. The summed E-state index contributed by atoms with van der Waals surface area (Å²) in [6.07, 6.45) is 0. The maximum Gasteiger partial charge on any atom is 0.119 e. The largest absolute Gasteiger partial charge is 0.493 e. The van der Waals surface area contributed by atoms with Crippen LogP contribution in [-0.2, 0) is 0 Å². The van der Waals surface area contributed by atoms with Crippen molar-refractivity contribution in [2.45, 2.75) is 13.8 Å². The number of ether oxygens (including phenoxy) is 1. The van der Waals surface area contributed by atoms with Gasteiger partial charge in [0.1, 0.15) is 5.75 Å². The summed E-state index contributed by atoms with van der Waals surface area (Å²) in [4.78, 5) is 0. The van der Waals surface area contributed by atoms with Gasteiger partial charge in [0.15, 0.2) is 0 Å². The summed E-state index contributed by atoms with van der Waals surface area (Å²) in [6.45, 7) is 4.74. The minimum Gasteiger partial charge on any atom is -0.493 e. The van der Waals surface area contributed by atoms with Gasteiger partial charge in [0, 0.05) is 10.9 Å². The summed E-state index contributed by atoms with van der Waals surface area (Å²) in [5.74, 6) is 2.12. The van der Waals surface area contributed by atoms with Crippen LogP contribution in [0, 0.1) is 5.92 Å². The zero-order chi connectivity index (χ0) is 8.97. The third-order valence-corrected chi connectivity index (χ3v) is 1.59. The molecule has 0 fully saturated rings. The van der Waals surface area contributed by atoms with Crippen LogP contribution in [0.25, 0.3) is 0 Å². The molecular weight excluding hydrogens is 172 g/mol. The minimum atomic E-state index is 0.668. The molecule has 0 N–H and O–H groups in total. The summed E-state index contributed by atoms with van der Waals surface area (Å²) in [7, 11) is 0. The quantitative estimate of drug-likeness (QED) is 0.699. The lowest BCUT2D eigenvalue weighted by molar-refractivity contribution is 0.332. The van der Waals surface area contributed by atoms with Gasteiger partial charge in [0.25, 0.3) is 0 Å². The lowest BCUT2D eigenvalue weighted by atomic mass is 10.2. The predicted octanol–water partition coefficient (Wildman–Crippen LogP) is 3.33. The number of halogens is 1. The molecule has 0 amide bonds. The van der Waals surface area contributed by atoms with Crippen LogP contribution in [0.3, 0.4) is 0 Å². The molecule has 1 nitrogen and oxygen atoms in total. The fourth-order valence-corrected chi connectivity index (χ4v) is 0.884. The van der Waals surface area contributed by atoms with Gasteiger partial charge >= 0.3 is 0 Å². The van der Waals surface area contributed by atoms with Gasteiger partial charge in [-0.1, -0.05) is 25.4 Å². The molecule has 0 aliphatic rings. The molecule has 0 aliphatic carbocycles. The summed E-state index contributed by atoms with van der Waals surface area (Å²) in [5, 5.41) is 0.736. The fourth-order valence-electron chi connectivity index (χ4n) is 0.758. The Morgan fingerprint density at radius 2 is 1.83 bits per heavy atom. The number of rotatable bonds is 3. The van der Waals surface area contributed by atoms with E-state index >= 15 is 0 Å². The Bertz CT molecular complexity index is 228. The molecule has 0 aliphatic heterocycles. The molecule has 0 spiro atoms. The van der Waals surface area contributed by atoms with Crippen molar-refractivity contribution in [3.8, 4) is 5.75 Å². The molecule has 1 aromatic carbocycles. The second kappa shape index (κ2) is 4.36. The first-order valence-corrected chi connectivity index (χ1v) is 4.23. The van der Waals surface area contributed by atoms with E-state index in [0.717, 1.165) is 10.8 Å². The minimum absolute atomic E-state index is 0.668. The third kappa shape index (κ3) is 3.14. The van der Waals surface area contributed by atoms with Gasteiger partial charge in [0.2, 0.25) is 0 Å². The van der Waals surface area contributed by atoms with Crippen molar-refractivity contribution in [2.75, 3.05) is 6.61 Å². The highest BCUT2D eigenvalue weighted by Crippen LogP contribution is 2.16. The normalized spacial score (nSPS) is 10.3. The molecule has 2 heteroatoms. The molecule has 0 unspecified atom stereocenters. The van der Waals surface area contributed by atoms with Gasteiger partial charge in [-0.15, -0.1) is 0 Å². The molecule has 1 radical (unpaired) electrons. The summed E-state index contributed by atoms with van der Waals surface area (Å²) in [6, 6.07) is 7.38. The van der Waals surface area contributed by atoms with E-state index in [1.807, 2.05) is 38.1 Å². The first-order valence-electron chi connectivity index (χ1n) is 3.86. The average Bonchev–Trinajstić information content (AvgIpc) is 2.03.